The van der Waals surface area contributed by atoms with Gasteiger partial charge in [0.2, 0.25) is 0 Å². The molecule has 1 heterocycles. The third-order valence-electron chi connectivity index (χ3n) is 4.74. The van der Waals surface area contributed by atoms with Crippen molar-refractivity contribution >= 4 is 23.4 Å². The van der Waals surface area contributed by atoms with Crippen LogP contribution in [0.5, 0.6) is 0 Å². The summed E-state index contributed by atoms with van der Waals surface area (Å²) in [5.41, 5.74) is 1.38. The Kier molecular flexibility index (Phi) is 10.9. The average molecular weight is 393 g/mol. The third kappa shape index (κ3) is 9.14. The van der Waals surface area contributed by atoms with Crippen LogP contribution in [0.15, 0.2) is 43.0 Å². The molecule has 0 saturated carbocycles. The Balaban J connectivity index is 1.70. The number of rotatable bonds is 14. The Morgan fingerprint density at radius 3 is 2.46 bits per heavy atom. The SMILES string of the molecule is CCCCCCCCCSC(CCc1ccc(Cl)cc1)Cn1ccnc1. The van der Waals surface area contributed by atoms with Gasteiger partial charge in [0.05, 0.1) is 6.33 Å². The van der Waals surface area contributed by atoms with Gasteiger partial charge >= 0.3 is 0 Å². The van der Waals surface area contributed by atoms with Crippen LogP contribution in [-0.2, 0) is 13.0 Å². The zero-order valence-corrected chi connectivity index (χ0v) is 17.7. The molecular formula is C22H33ClN2S. The van der Waals surface area contributed by atoms with E-state index in [4.69, 9.17) is 11.6 Å². The Hall–Kier alpha value is -0.930. The molecule has 0 spiro atoms. The van der Waals surface area contributed by atoms with E-state index < -0.39 is 0 Å². The van der Waals surface area contributed by atoms with Gasteiger partial charge in [0.15, 0.2) is 0 Å². The van der Waals surface area contributed by atoms with E-state index in [1.165, 1.54) is 62.7 Å². The highest BCUT2D eigenvalue weighted by Crippen LogP contribution is 2.22. The van der Waals surface area contributed by atoms with E-state index in [1.807, 2.05) is 24.7 Å². The van der Waals surface area contributed by atoms with Crippen molar-refractivity contribution in [2.75, 3.05) is 5.75 Å². The molecule has 0 bridgehead atoms. The topological polar surface area (TPSA) is 17.8 Å². The minimum atomic E-state index is 0.639. The summed E-state index contributed by atoms with van der Waals surface area (Å²) < 4.78 is 2.21. The van der Waals surface area contributed by atoms with E-state index in [9.17, 15) is 0 Å². The molecule has 1 aromatic heterocycles. The van der Waals surface area contributed by atoms with Crippen molar-refractivity contribution in [3.63, 3.8) is 0 Å². The molecule has 0 N–H and O–H groups in total. The lowest BCUT2D eigenvalue weighted by Gasteiger charge is -2.17. The zero-order valence-electron chi connectivity index (χ0n) is 16.1. The standard InChI is InChI=1S/C22H33ClN2S/c1-2-3-4-5-6-7-8-17-26-22(18-25-16-15-24-19-25)14-11-20-9-12-21(23)13-10-20/h9-10,12-13,15-16,19,22H,2-8,11,14,17-18H2,1H3. The van der Waals surface area contributed by atoms with E-state index in [1.54, 1.807) is 0 Å². The van der Waals surface area contributed by atoms with Gasteiger partial charge in [-0.25, -0.2) is 4.98 Å². The quantitative estimate of drug-likeness (QED) is 0.321. The van der Waals surface area contributed by atoms with Crippen LogP contribution in [0.4, 0.5) is 0 Å². The fourth-order valence-corrected chi connectivity index (χ4v) is 4.54. The summed E-state index contributed by atoms with van der Waals surface area (Å²) in [5, 5.41) is 1.46. The molecule has 0 radical (unpaired) electrons. The summed E-state index contributed by atoms with van der Waals surface area (Å²) in [6.45, 7) is 3.33. The van der Waals surface area contributed by atoms with E-state index in [2.05, 4.69) is 46.6 Å². The summed E-state index contributed by atoms with van der Waals surface area (Å²) in [4.78, 5) is 4.19. The molecule has 0 aliphatic rings. The summed E-state index contributed by atoms with van der Waals surface area (Å²) in [5.74, 6) is 1.27. The number of halogens is 1. The average Bonchev–Trinajstić information content (AvgIpc) is 3.16. The minimum absolute atomic E-state index is 0.639. The van der Waals surface area contributed by atoms with Gasteiger partial charge in [0, 0.05) is 29.2 Å². The molecule has 26 heavy (non-hydrogen) atoms. The van der Waals surface area contributed by atoms with Crippen LogP contribution in [0.2, 0.25) is 5.02 Å². The van der Waals surface area contributed by atoms with Gasteiger partial charge in [0.1, 0.15) is 0 Å². The monoisotopic (exact) mass is 392 g/mol. The van der Waals surface area contributed by atoms with Crippen LogP contribution in [0.25, 0.3) is 0 Å². The summed E-state index contributed by atoms with van der Waals surface area (Å²) in [6.07, 6.45) is 17.9. The van der Waals surface area contributed by atoms with Gasteiger partial charge in [-0.1, -0.05) is 69.2 Å². The molecule has 2 aromatic rings. The highest BCUT2D eigenvalue weighted by molar-refractivity contribution is 7.99. The maximum atomic E-state index is 5.99. The second-order valence-electron chi connectivity index (χ2n) is 7.04. The molecule has 2 rings (SSSR count). The van der Waals surface area contributed by atoms with Crippen molar-refractivity contribution in [2.24, 2.45) is 0 Å². The Labute approximate surface area is 168 Å². The molecule has 0 aliphatic carbocycles. The van der Waals surface area contributed by atoms with Gasteiger partial charge in [0.25, 0.3) is 0 Å². The van der Waals surface area contributed by atoms with Crippen LogP contribution < -0.4 is 0 Å². The lowest BCUT2D eigenvalue weighted by Crippen LogP contribution is -2.14. The van der Waals surface area contributed by atoms with Crippen molar-refractivity contribution in [1.82, 2.24) is 9.55 Å². The van der Waals surface area contributed by atoms with E-state index in [0.717, 1.165) is 18.0 Å². The first-order valence-corrected chi connectivity index (χ1v) is 11.5. The molecule has 1 aromatic carbocycles. The van der Waals surface area contributed by atoms with Crippen molar-refractivity contribution in [2.45, 2.75) is 76.5 Å². The van der Waals surface area contributed by atoms with Crippen LogP contribution in [0.3, 0.4) is 0 Å². The van der Waals surface area contributed by atoms with Gasteiger partial charge in [-0.15, -0.1) is 0 Å². The predicted molar refractivity (Wildman–Crippen MR) is 116 cm³/mol. The number of aryl methyl sites for hydroxylation is 1. The molecule has 0 amide bonds. The molecular weight excluding hydrogens is 360 g/mol. The first-order valence-electron chi connectivity index (χ1n) is 10.1. The number of hydrogen-bond donors (Lipinski definition) is 0. The van der Waals surface area contributed by atoms with Gasteiger partial charge in [-0.2, -0.15) is 11.8 Å². The number of hydrogen-bond acceptors (Lipinski definition) is 2. The summed E-state index contributed by atoms with van der Waals surface area (Å²) >= 11 is 8.13. The molecule has 0 fully saturated rings. The summed E-state index contributed by atoms with van der Waals surface area (Å²) in [6, 6.07) is 8.29. The largest absolute Gasteiger partial charge is 0.336 e. The number of thioether (sulfide) groups is 1. The van der Waals surface area contributed by atoms with Crippen molar-refractivity contribution in [3.05, 3.63) is 53.6 Å². The first kappa shape index (κ1) is 21.4. The first-order chi connectivity index (χ1) is 12.8. The maximum absolute atomic E-state index is 5.99. The Morgan fingerprint density at radius 1 is 1.04 bits per heavy atom. The van der Waals surface area contributed by atoms with Crippen LogP contribution >= 0.6 is 23.4 Å². The Morgan fingerprint density at radius 2 is 1.77 bits per heavy atom. The second kappa shape index (κ2) is 13.3. The smallest absolute Gasteiger partial charge is 0.0946 e. The van der Waals surface area contributed by atoms with Gasteiger partial charge in [-0.05, 0) is 42.7 Å². The van der Waals surface area contributed by atoms with E-state index >= 15 is 0 Å². The highest BCUT2D eigenvalue weighted by Gasteiger charge is 2.10. The normalized spacial score (nSPS) is 12.4. The maximum Gasteiger partial charge on any atom is 0.0946 e. The second-order valence-corrected chi connectivity index (χ2v) is 8.88. The van der Waals surface area contributed by atoms with Crippen LogP contribution in [0, 0.1) is 0 Å². The third-order valence-corrected chi connectivity index (χ3v) is 6.38. The fraction of sp³-hybridized carbons (Fsp3) is 0.591. The van der Waals surface area contributed by atoms with Crippen LogP contribution in [0.1, 0.15) is 63.9 Å². The van der Waals surface area contributed by atoms with E-state index in [0.29, 0.717) is 5.25 Å². The van der Waals surface area contributed by atoms with Gasteiger partial charge in [-0.3, -0.25) is 0 Å². The number of imidazole rings is 1. The number of nitrogens with zero attached hydrogens (tertiary/aromatic N) is 2. The van der Waals surface area contributed by atoms with Crippen LogP contribution in [-0.4, -0.2) is 20.6 Å². The number of unbranched alkanes of at least 4 members (excludes halogenated alkanes) is 6. The van der Waals surface area contributed by atoms with Crippen molar-refractivity contribution in [1.29, 1.82) is 0 Å². The number of benzene rings is 1. The zero-order chi connectivity index (χ0) is 18.5. The highest BCUT2D eigenvalue weighted by atomic mass is 35.5. The van der Waals surface area contributed by atoms with Gasteiger partial charge < -0.3 is 4.57 Å². The number of aromatic nitrogens is 2. The minimum Gasteiger partial charge on any atom is -0.336 e. The molecule has 0 aliphatic heterocycles. The fourth-order valence-electron chi connectivity index (χ4n) is 3.15. The lowest BCUT2D eigenvalue weighted by atomic mass is 10.1. The molecule has 2 nitrogen and oxygen atoms in total. The van der Waals surface area contributed by atoms with E-state index in [-0.39, 0.29) is 0 Å². The molecule has 144 valence electrons. The molecule has 0 saturated heterocycles. The lowest BCUT2D eigenvalue weighted by molar-refractivity contribution is 0.601. The van der Waals surface area contributed by atoms with Crippen molar-refractivity contribution in [3.8, 4) is 0 Å². The molecule has 4 heteroatoms. The molecule has 1 atom stereocenters. The molecule has 1 unspecified atom stereocenters. The Bertz CT molecular complexity index is 568. The predicted octanol–water partition coefficient (Wildman–Crippen LogP) is 7.02. The summed E-state index contributed by atoms with van der Waals surface area (Å²) in [7, 11) is 0. The van der Waals surface area contributed by atoms with Crippen molar-refractivity contribution < 1.29 is 0 Å².